The monoisotopic (exact) mass is 409 g/mol. The molecule has 0 saturated heterocycles. The number of benzene rings is 1. The third kappa shape index (κ3) is 4.07. The van der Waals surface area contributed by atoms with Crippen LogP contribution in [-0.4, -0.2) is 34.2 Å². The number of para-hydroxylation sites is 1. The van der Waals surface area contributed by atoms with Crippen LogP contribution in [0.25, 0.3) is 21.5 Å². The fourth-order valence-electron chi connectivity index (χ4n) is 3.08. The number of furan rings is 1. The van der Waals surface area contributed by atoms with E-state index in [1.165, 1.54) is 6.33 Å². The van der Waals surface area contributed by atoms with E-state index in [-0.39, 0.29) is 4.88 Å². The lowest BCUT2D eigenvalue weighted by Crippen LogP contribution is -2.06. The molecule has 29 heavy (non-hydrogen) atoms. The second-order valence-electron chi connectivity index (χ2n) is 6.26. The van der Waals surface area contributed by atoms with E-state index in [4.69, 9.17) is 9.15 Å². The van der Waals surface area contributed by atoms with Crippen LogP contribution in [0.5, 0.6) is 5.75 Å². The van der Waals surface area contributed by atoms with Crippen LogP contribution in [0.4, 0.5) is 5.82 Å². The number of anilines is 1. The number of fused-ring (bicyclic) bond motifs is 1. The first-order chi connectivity index (χ1) is 14.2. The minimum absolute atomic E-state index is 0.168. The van der Waals surface area contributed by atoms with E-state index in [0.717, 1.165) is 39.2 Å². The van der Waals surface area contributed by atoms with Crippen LogP contribution in [0, 0.1) is 0 Å². The number of aromatic carboxylic acids is 1. The number of carboxylic acid groups (broad SMARTS) is 1. The zero-order valence-corrected chi connectivity index (χ0v) is 16.5. The molecule has 7 nitrogen and oxygen atoms in total. The van der Waals surface area contributed by atoms with E-state index in [1.807, 2.05) is 31.2 Å². The van der Waals surface area contributed by atoms with Crippen molar-refractivity contribution in [2.75, 3.05) is 18.5 Å². The average molecular weight is 409 g/mol. The Hall–Kier alpha value is -3.39. The lowest BCUT2D eigenvalue weighted by Gasteiger charge is -2.07. The van der Waals surface area contributed by atoms with Crippen LogP contribution >= 0.6 is 11.3 Å². The minimum atomic E-state index is -1.01. The van der Waals surface area contributed by atoms with Crippen molar-refractivity contribution >= 4 is 34.1 Å². The molecule has 0 aliphatic rings. The van der Waals surface area contributed by atoms with Crippen LogP contribution in [0.2, 0.25) is 0 Å². The van der Waals surface area contributed by atoms with E-state index in [1.54, 1.807) is 18.4 Å². The number of carboxylic acids is 1. The number of hydrogen-bond donors (Lipinski definition) is 2. The van der Waals surface area contributed by atoms with Crippen molar-refractivity contribution in [2.45, 2.75) is 13.3 Å². The van der Waals surface area contributed by atoms with Gasteiger partial charge in [0.1, 0.15) is 23.5 Å². The van der Waals surface area contributed by atoms with Crippen molar-refractivity contribution in [2.24, 2.45) is 0 Å². The third-order valence-electron chi connectivity index (χ3n) is 4.37. The van der Waals surface area contributed by atoms with Gasteiger partial charge in [-0.05, 0) is 25.0 Å². The summed E-state index contributed by atoms with van der Waals surface area (Å²) < 4.78 is 11.0. The quantitative estimate of drug-likeness (QED) is 0.435. The van der Waals surface area contributed by atoms with Gasteiger partial charge in [-0.1, -0.05) is 18.2 Å². The molecule has 2 N–H and O–H groups in total. The van der Waals surface area contributed by atoms with E-state index in [0.29, 0.717) is 30.4 Å². The van der Waals surface area contributed by atoms with E-state index in [9.17, 15) is 9.90 Å². The van der Waals surface area contributed by atoms with Gasteiger partial charge < -0.3 is 19.6 Å². The predicted octanol–water partition coefficient (Wildman–Crippen LogP) is 4.70. The second kappa shape index (κ2) is 8.32. The van der Waals surface area contributed by atoms with Gasteiger partial charge in [0, 0.05) is 24.1 Å². The highest BCUT2D eigenvalue weighted by Gasteiger charge is 2.18. The van der Waals surface area contributed by atoms with Crippen LogP contribution < -0.4 is 10.1 Å². The highest BCUT2D eigenvalue weighted by Crippen LogP contribution is 2.36. The molecular weight excluding hydrogens is 390 g/mol. The number of rotatable bonds is 8. The van der Waals surface area contributed by atoms with Gasteiger partial charge in [-0.25, -0.2) is 14.8 Å². The fraction of sp³-hybridized carbons (Fsp3) is 0.190. The van der Waals surface area contributed by atoms with Gasteiger partial charge in [0.15, 0.2) is 4.88 Å². The van der Waals surface area contributed by atoms with E-state index in [2.05, 4.69) is 15.3 Å². The Morgan fingerprint density at radius 1 is 1.28 bits per heavy atom. The summed E-state index contributed by atoms with van der Waals surface area (Å²) in [6.45, 7) is 2.89. The van der Waals surface area contributed by atoms with Gasteiger partial charge in [-0.3, -0.25) is 0 Å². The molecule has 0 aliphatic carbocycles. The molecule has 0 unspecified atom stereocenters. The SMILES string of the molecule is CCOc1cc(-c2cc(NCCc3cccc4ccoc34)ncn2)sc1C(=O)O. The topological polar surface area (TPSA) is 97.5 Å². The summed E-state index contributed by atoms with van der Waals surface area (Å²) in [5, 5.41) is 13.7. The lowest BCUT2D eigenvalue weighted by atomic mass is 10.1. The molecule has 0 spiro atoms. The van der Waals surface area contributed by atoms with Crippen molar-refractivity contribution in [3.05, 3.63) is 59.4 Å². The number of aromatic nitrogens is 2. The van der Waals surface area contributed by atoms with Gasteiger partial charge in [-0.2, -0.15) is 0 Å². The van der Waals surface area contributed by atoms with Gasteiger partial charge in [-0.15, -0.1) is 11.3 Å². The Labute approximate surface area is 171 Å². The van der Waals surface area contributed by atoms with Crippen LogP contribution in [0.3, 0.4) is 0 Å². The molecule has 3 aromatic heterocycles. The van der Waals surface area contributed by atoms with Gasteiger partial charge in [0.25, 0.3) is 0 Å². The van der Waals surface area contributed by atoms with Crippen molar-refractivity contribution < 1.29 is 19.1 Å². The Bertz CT molecular complexity index is 1150. The molecule has 4 rings (SSSR count). The first-order valence-corrected chi connectivity index (χ1v) is 9.98. The molecular formula is C21H19N3O4S. The van der Waals surface area contributed by atoms with Crippen molar-refractivity contribution in [1.29, 1.82) is 0 Å². The Morgan fingerprint density at radius 3 is 3.00 bits per heavy atom. The van der Waals surface area contributed by atoms with E-state index < -0.39 is 5.97 Å². The molecule has 4 aromatic rings. The summed E-state index contributed by atoms with van der Waals surface area (Å²) in [7, 11) is 0. The Morgan fingerprint density at radius 2 is 2.17 bits per heavy atom. The number of nitrogens with one attached hydrogen (secondary N) is 1. The summed E-state index contributed by atoms with van der Waals surface area (Å²) in [6.07, 6.45) is 3.94. The summed E-state index contributed by atoms with van der Waals surface area (Å²) in [6, 6.07) is 11.6. The Kier molecular flexibility index (Phi) is 5.44. The maximum absolute atomic E-state index is 11.4. The summed E-state index contributed by atoms with van der Waals surface area (Å²) in [4.78, 5) is 20.9. The molecule has 3 heterocycles. The summed E-state index contributed by atoms with van der Waals surface area (Å²) in [5.41, 5.74) is 2.68. The van der Waals surface area contributed by atoms with Crippen molar-refractivity contribution in [3.8, 4) is 16.3 Å². The highest BCUT2D eigenvalue weighted by atomic mass is 32.1. The summed E-state index contributed by atoms with van der Waals surface area (Å²) >= 11 is 1.14. The molecule has 0 fully saturated rings. The molecule has 0 bridgehead atoms. The van der Waals surface area contributed by atoms with E-state index >= 15 is 0 Å². The number of thiophene rings is 1. The van der Waals surface area contributed by atoms with Gasteiger partial charge >= 0.3 is 5.97 Å². The van der Waals surface area contributed by atoms with Crippen molar-refractivity contribution in [1.82, 2.24) is 9.97 Å². The minimum Gasteiger partial charge on any atom is -0.492 e. The Balaban J connectivity index is 1.48. The maximum atomic E-state index is 11.4. The average Bonchev–Trinajstić information content (AvgIpc) is 3.36. The zero-order valence-electron chi connectivity index (χ0n) is 15.7. The molecule has 0 atom stereocenters. The smallest absolute Gasteiger partial charge is 0.349 e. The standard InChI is InChI=1S/C21H19N3O4S/c1-2-27-16-11-17(29-20(16)21(25)26)15-10-18(24-12-23-15)22-8-6-13-4-3-5-14-7-9-28-19(13)14/h3-5,7,9-12H,2,6,8H2,1H3,(H,25,26)(H,22,23,24). The molecule has 0 amide bonds. The molecule has 8 heteroatoms. The lowest BCUT2D eigenvalue weighted by molar-refractivity contribution is 0.0698. The molecule has 0 aliphatic heterocycles. The zero-order chi connectivity index (χ0) is 20.2. The number of hydrogen-bond acceptors (Lipinski definition) is 7. The summed E-state index contributed by atoms with van der Waals surface area (Å²) in [5.74, 6) is 0.0220. The molecule has 1 aromatic carbocycles. The number of ether oxygens (including phenoxy) is 1. The van der Waals surface area contributed by atoms with Crippen LogP contribution in [0.1, 0.15) is 22.2 Å². The molecule has 148 valence electrons. The number of carbonyl (C=O) groups is 1. The largest absolute Gasteiger partial charge is 0.492 e. The third-order valence-corrected chi connectivity index (χ3v) is 5.50. The fourth-order valence-corrected chi connectivity index (χ4v) is 3.99. The predicted molar refractivity (Wildman–Crippen MR) is 112 cm³/mol. The van der Waals surface area contributed by atoms with Gasteiger partial charge in [0.05, 0.1) is 23.4 Å². The maximum Gasteiger partial charge on any atom is 0.349 e. The van der Waals surface area contributed by atoms with Gasteiger partial charge in [0.2, 0.25) is 0 Å². The number of nitrogens with zero attached hydrogens (tertiary/aromatic N) is 2. The second-order valence-corrected chi connectivity index (χ2v) is 7.32. The first-order valence-electron chi connectivity index (χ1n) is 9.17. The van der Waals surface area contributed by atoms with Crippen molar-refractivity contribution in [3.63, 3.8) is 0 Å². The van der Waals surface area contributed by atoms with Crippen LogP contribution in [0.15, 0.2) is 53.4 Å². The highest BCUT2D eigenvalue weighted by molar-refractivity contribution is 7.17. The molecule has 0 radical (unpaired) electrons. The molecule has 0 saturated carbocycles. The normalized spacial score (nSPS) is 10.9. The first kappa shape index (κ1) is 18.9. The van der Waals surface area contributed by atoms with Crippen LogP contribution in [-0.2, 0) is 6.42 Å².